The van der Waals surface area contributed by atoms with Crippen molar-refractivity contribution in [3.8, 4) is 10.6 Å². The van der Waals surface area contributed by atoms with Crippen molar-refractivity contribution in [3.05, 3.63) is 27.5 Å². The Kier molecular flexibility index (Phi) is 4.02. The van der Waals surface area contributed by atoms with Gasteiger partial charge < -0.3 is 5.32 Å². The van der Waals surface area contributed by atoms with Crippen LogP contribution >= 0.6 is 11.3 Å². The van der Waals surface area contributed by atoms with Gasteiger partial charge in [0.25, 0.3) is 0 Å². The number of anilines is 1. The molecule has 1 N–H and O–H groups in total. The molecule has 0 amide bonds. The number of rotatable bonds is 4. The Hall–Kier alpha value is -2.30. The quantitative estimate of drug-likeness (QED) is 0.688. The SMILES string of the molecule is CCNc1ncc([N+](=O)[O-])c(-c2cnc(C(F)(F)F)s2)n1. The zero-order chi connectivity index (χ0) is 15.6. The molecule has 112 valence electrons. The minimum atomic E-state index is -4.60. The molecule has 2 aromatic rings. The summed E-state index contributed by atoms with van der Waals surface area (Å²) < 4.78 is 37.6. The second kappa shape index (κ2) is 5.60. The number of hydrogen-bond donors (Lipinski definition) is 1. The van der Waals surface area contributed by atoms with E-state index in [9.17, 15) is 23.3 Å². The van der Waals surface area contributed by atoms with Crippen molar-refractivity contribution in [2.75, 3.05) is 11.9 Å². The van der Waals surface area contributed by atoms with Crippen molar-refractivity contribution in [2.45, 2.75) is 13.1 Å². The van der Waals surface area contributed by atoms with Crippen LogP contribution in [0.5, 0.6) is 0 Å². The Morgan fingerprint density at radius 1 is 1.38 bits per heavy atom. The van der Waals surface area contributed by atoms with Gasteiger partial charge in [-0.3, -0.25) is 10.1 Å². The summed E-state index contributed by atoms with van der Waals surface area (Å²) in [7, 11) is 0. The Morgan fingerprint density at radius 3 is 2.62 bits per heavy atom. The van der Waals surface area contributed by atoms with E-state index in [1.54, 1.807) is 6.92 Å². The van der Waals surface area contributed by atoms with Gasteiger partial charge in [-0.25, -0.2) is 15.0 Å². The summed E-state index contributed by atoms with van der Waals surface area (Å²) in [4.78, 5) is 21.0. The highest BCUT2D eigenvalue weighted by molar-refractivity contribution is 7.15. The van der Waals surface area contributed by atoms with E-state index >= 15 is 0 Å². The van der Waals surface area contributed by atoms with Gasteiger partial charge >= 0.3 is 11.9 Å². The van der Waals surface area contributed by atoms with E-state index in [0.717, 1.165) is 12.4 Å². The molecular weight excluding hydrogens is 311 g/mol. The first-order chi connectivity index (χ1) is 9.82. The number of thiazole rings is 1. The van der Waals surface area contributed by atoms with Gasteiger partial charge in [-0.15, -0.1) is 11.3 Å². The average Bonchev–Trinajstić information content (AvgIpc) is 2.88. The minimum Gasteiger partial charge on any atom is -0.354 e. The molecule has 0 saturated carbocycles. The molecule has 21 heavy (non-hydrogen) atoms. The maximum absolute atomic E-state index is 12.5. The first-order valence-corrected chi connectivity index (χ1v) is 6.43. The van der Waals surface area contributed by atoms with Crippen LogP contribution in [0.15, 0.2) is 12.4 Å². The van der Waals surface area contributed by atoms with Crippen LogP contribution in [-0.2, 0) is 6.18 Å². The highest BCUT2D eigenvalue weighted by Gasteiger charge is 2.35. The van der Waals surface area contributed by atoms with Crippen LogP contribution in [0.1, 0.15) is 11.9 Å². The molecule has 2 heterocycles. The fraction of sp³-hybridized carbons (Fsp3) is 0.300. The minimum absolute atomic E-state index is 0.0458. The average molecular weight is 319 g/mol. The molecule has 0 unspecified atom stereocenters. The van der Waals surface area contributed by atoms with Gasteiger partial charge in [-0.05, 0) is 6.92 Å². The van der Waals surface area contributed by atoms with Crippen LogP contribution < -0.4 is 5.32 Å². The lowest BCUT2D eigenvalue weighted by molar-refractivity contribution is -0.384. The van der Waals surface area contributed by atoms with Crippen LogP contribution in [0.4, 0.5) is 24.8 Å². The monoisotopic (exact) mass is 319 g/mol. The predicted molar refractivity (Wildman–Crippen MR) is 69.0 cm³/mol. The largest absolute Gasteiger partial charge is 0.443 e. The summed E-state index contributed by atoms with van der Waals surface area (Å²) in [6, 6.07) is 0. The standard InChI is InChI=1S/C10H8F3N5O2S/c1-2-14-9-16-3-5(18(19)20)7(17-9)6-4-15-8(21-6)10(11,12)13/h3-4H,2H2,1H3,(H,14,16,17). The molecule has 0 aromatic carbocycles. The van der Waals surface area contributed by atoms with Crippen LogP contribution in [0.3, 0.4) is 0 Å². The van der Waals surface area contributed by atoms with Gasteiger partial charge in [0.05, 0.1) is 9.80 Å². The Morgan fingerprint density at radius 2 is 2.10 bits per heavy atom. The molecule has 0 spiro atoms. The second-order valence-corrected chi connectivity index (χ2v) is 4.77. The van der Waals surface area contributed by atoms with E-state index in [4.69, 9.17) is 0 Å². The molecule has 11 heteroatoms. The maximum atomic E-state index is 12.5. The molecule has 2 rings (SSSR count). The zero-order valence-electron chi connectivity index (χ0n) is 10.5. The lowest BCUT2D eigenvalue weighted by Crippen LogP contribution is -2.04. The highest BCUT2D eigenvalue weighted by atomic mass is 32.1. The number of alkyl halides is 3. The molecule has 0 bridgehead atoms. The van der Waals surface area contributed by atoms with E-state index < -0.39 is 21.8 Å². The predicted octanol–water partition coefficient (Wildman–Crippen LogP) is 2.96. The fourth-order valence-electron chi connectivity index (χ4n) is 1.45. The fourth-order valence-corrected chi connectivity index (χ4v) is 2.23. The van der Waals surface area contributed by atoms with Gasteiger partial charge in [0.2, 0.25) is 5.95 Å². The summed E-state index contributed by atoms with van der Waals surface area (Å²) in [5.41, 5.74) is -0.673. The van der Waals surface area contributed by atoms with Gasteiger partial charge in [0.15, 0.2) is 10.7 Å². The van der Waals surface area contributed by atoms with Crippen molar-refractivity contribution in [3.63, 3.8) is 0 Å². The number of nitrogens with zero attached hydrogens (tertiary/aromatic N) is 4. The van der Waals surface area contributed by atoms with Crippen molar-refractivity contribution < 1.29 is 18.1 Å². The van der Waals surface area contributed by atoms with Crippen LogP contribution in [0.2, 0.25) is 0 Å². The molecule has 0 fully saturated rings. The summed E-state index contributed by atoms with van der Waals surface area (Å²) in [6.07, 6.45) is -2.74. The van der Waals surface area contributed by atoms with Crippen molar-refractivity contribution in [2.24, 2.45) is 0 Å². The molecule has 0 aliphatic carbocycles. The number of hydrogen-bond acceptors (Lipinski definition) is 7. The van der Waals surface area contributed by atoms with Crippen LogP contribution in [0, 0.1) is 10.1 Å². The Labute approximate surface area is 120 Å². The topological polar surface area (TPSA) is 93.8 Å². The summed E-state index contributed by atoms with van der Waals surface area (Å²) in [6.45, 7) is 2.23. The molecular formula is C10H8F3N5O2S. The van der Waals surface area contributed by atoms with Crippen molar-refractivity contribution >= 4 is 23.0 Å². The van der Waals surface area contributed by atoms with E-state index in [-0.39, 0.29) is 16.5 Å². The molecule has 0 atom stereocenters. The van der Waals surface area contributed by atoms with E-state index in [1.165, 1.54) is 0 Å². The van der Waals surface area contributed by atoms with Gasteiger partial charge in [-0.2, -0.15) is 13.2 Å². The molecule has 0 aliphatic rings. The van der Waals surface area contributed by atoms with Crippen molar-refractivity contribution in [1.29, 1.82) is 0 Å². The molecule has 0 aliphatic heterocycles. The van der Waals surface area contributed by atoms with E-state index in [1.807, 2.05) is 0 Å². The number of nitro groups is 1. The number of aromatic nitrogens is 3. The Balaban J connectivity index is 2.52. The van der Waals surface area contributed by atoms with E-state index in [2.05, 4.69) is 20.3 Å². The maximum Gasteiger partial charge on any atom is 0.443 e. The first kappa shape index (κ1) is 15.1. The third-order valence-electron chi connectivity index (χ3n) is 2.28. The smallest absolute Gasteiger partial charge is 0.354 e. The molecule has 2 aromatic heterocycles. The second-order valence-electron chi connectivity index (χ2n) is 3.74. The summed E-state index contributed by atoms with van der Waals surface area (Å²) >= 11 is 0.293. The summed E-state index contributed by atoms with van der Waals surface area (Å²) in [5.74, 6) is 0.0973. The van der Waals surface area contributed by atoms with E-state index in [0.29, 0.717) is 17.9 Å². The van der Waals surface area contributed by atoms with Gasteiger partial charge in [-0.1, -0.05) is 0 Å². The normalized spacial score (nSPS) is 11.4. The van der Waals surface area contributed by atoms with Crippen molar-refractivity contribution in [1.82, 2.24) is 15.0 Å². The number of halogens is 3. The lowest BCUT2D eigenvalue weighted by atomic mass is 10.3. The third-order valence-corrected chi connectivity index (χ3v) is 3.33. The van der Waals surface area contributed by atoms with Gasteiger partial charge in [0, 0.05) is 12.7 Å². The van der Waals surface area contributed by atoms with Crippen LogP contribution in [-0.4, -0.2) is 26.4 Å². The van der Waals surface area contributed by atoms with Gasteiger partial charge in [0.1, 0.15) is 6.20 Å². The Bertz CT molecular complexity index is 673. The molecule has 7 nitrogen and oxygen atoms in total. The first-order valence-electron chi connectivity index (χ1n) is 5.61. The third kappa shape index (κ3) is 3.24. The molecule has 0 radical (unpaired) electrons. The lowest BCUT2D eigenvalue weighted by Gasteiger charge is -2.03. The highest BCUT2D eigenvalue weighted by Crippen LogP contribution is 2.38. The molecule has 0 saturated heterocycles. The zero-order valence-corrected chi connectivity index (χ0v) is 11.3. The van der Waals surface area contributed by atoms with Crippen LogP contribution in [0.25, 0.3) is 10.6 Å². The summed E-state index contributed by atoms with van der Waals surface area (Å²) in [5, 5.41) is 12.6. The number of nitrogens with one attached hydrogen (secondary N) is 1.